The first-order valence-electron chi connectivity index (χ1n) is 8.77. The average Bonchev–Trinajstić information content (AvgIpc) is 2.65. The van der Waals surface area contributed by atoms with Crippen molar-refractivity contribution in [2.75, 3.05) is 11.4 Å². The molecule has 1 saturated heterocycles. The van der Waals surface area contributed by atoms with Gasteiger partial charge in [0, 0.05) is 17.8 Å². The van der Waals surface area contributed by atoms with E-state index in [1.165, 1.54) is 17.7 Å². The van der Waals surface area contributed by atoms with Crippen LogP contribution in [0.5, 0.6) is 0 Å². The molecule has 0 spiro atoms. The summed E-state index contributed by atoms with van der Waals surface area (Å²) in [6, 6.07) is 6.71. The normalized spacial score (nSPS) is 23.1. The predicted octanol–water partition coefficient (Wildman–Crippen LogP) is 3.54. The molecule has 0 atom stereocenters. The fourth-order valence-electron chi connectivity index (χ4n) is 3.41. The molecular formula is C19H30BNO2. The lowest BCUT2D eigenvalue weighted by Crippen LogP contribution is -2.45. The molecule has 3 rings (SSSR count). The van der Waals surface area contributed by atoms with Crippen LogP contribution in [0.1, 0.15) is 60.5 Å². The highest BCUT2D eigenvalue weighted by Gasteiger charge is 2.51. The summed E-state index contributed by atoms with van der Waals surface area (Å²) in [6.45, 7) is 16.4. The fourth-order valence-corrected chi connectivity index (χ4v) is 3.41. The second kappa shape index (κ2) is 5.25. The quantitative estimate of drug-likeness (QED) is 0.740. The Bertz CT molecular complexity index is 588. The molecule has 0 saturated carbocycles. The lowest BCUT2D eigenvalue weighted by atomic mass is 9.77. The highest BCUT2D eigenvalue weighted by Crippen LogP contribution is 2.37. The average molecular weight is 315 g/mol. The van der Waals surface area contributed by atoms with E-state index in [0.29, 0.717) is 0 Å². The van der Waals surface area contributed by atoms with Gasteiger partial charge >= 0.3 is 7.12 Å². The molecule has 0 N–H and O–H groups in total. The molecule has 2 heterocycles. The molecule has 0 aliphatic carbocycles. The minimum absolute atomic E-state index is 0.129. The Morgan fingerprint density at radius 3 is 2.22 bits per heavy atom. The van der Waals surface area contributed by atoms with Gasteiger partial charge in [-0.1, -0.05) is 12.1 Å². The first kappa shape index (κ1) is 16.8. The number of nitrogens with zero attached hydrogens (tertiary/aromatic N) is 1. The van der Waals surface area contributed by atoms with Crippen molar-refractivity contribution in [3.8, 4) is 0 Å². The highest BCUT2D eigenvalue weighted by atomic mass is 16.7. The first-order valence-corrected chi connectivity index (χ1v) is 8.77. The van der Waals surface area contributed by atoms with Crippen molar-refractivity contribution in [1.29, 1.82) is 0 Å². The maximum absolute atomic E-state index is 6.22. The van der Waals surface area contributed by atoms with Crippen molar-refractivity contribution in [2.45, 2.75) is 78.0 Å². The topological polar surface area (TPSA) is 21.7 Å². The van der Waals surface area contributed by atoms with Crippen molar-refractivity contribution in [2.24, 2.45) is 0 Å². The smallest absolute Gasteiger partial charge is 0.399 e. The molecular weight excluding hydrogens is 285 g/mol. The number of hydrogen-bond donors (Lipinski definition) is 0. The van der Waals surface area contributed by atoms with Gasteiger partial charge in [0.1, 0.15) is 0 Å². The van der Waals surface area contributed by atoms with E-state index in [1.54, 1.807) is 0 Å². The second-order valence-electron chi connectivity index (χ2n) is 8.90. The number of anilines is 1. The molecule has 1 aromatic rings. The summed E-state index contributed by atoms with van der Waals surface area (Å²) in [5.74, 6) is 0. The third-order valence-electron chi connectivity index (χ3n) is 5.56. The third kappa shape index (κ3) is 2.92. The summed E-state index contributed by atoms with van der Waals surface area (Å²) in [7, 11) is -0.283. The molecule has 4 heteroatoms. The van der Waals surface area contributed by atoms with Crippen LogP contribution in [0.2, 0.25) is 0 Å². The van der Waals surface area contributed by atoms with Crippen LogP contribution in [0, 0.1) is 0 Å². The van der Waals surface area contributed by atoms with Crippen LogP contribution < -0.4 is 10.4 Å². The SMILES string of the molecule is CC(C)(C)N1CCCc2ccc(B3OC(C)(C)C(C)(C)O3)cc21. The molecule has 1 fully saturated rings. The Kier molecular flexibility index (Phi) is 3.85. The van der Waals surface area contributed by atoms with E-state index in [-0.39, 0.29) is 23.9 Å². The van der Waals surface area contributed by atoms with Crippen molar-refractivity contribution in [1.82, 2.24) is 0 Å². The molecule has 0 bridgehead atoms. The van der Waals surface area contributed by atoms with Gasteiger partial charge in [0.15, 0.2) is 0 Å². The minimum Gasteiger partial charge on any atom is -0.399 e. The van der Waals surface area contributed by atoms with E-state index in [0.717, 1.165) is 18.4 Å². The standard InChI is InChI=1S/C19H30BNO2/c1-17(2,3)21-12-8-9-14-10-11-15(13-16(14)21)20-22-18(4,5)19(6,7)23-20/h10-11,13H,8-9,12H2,1-7H3. The van der Waals surface area contributed by atoms with Gasteiger partial charge in [0.05, 0.1) is 11.2 Å². The first-order chi connectivity index (χ1) is 10.5. The summed E-state index contributed by atoms with van der Waals surface area (Å²) in [5.41, 5.74) is 3.44. The van der Waals surface area contributed by atoms with Gasteiger partial charge in [-0.25, -0.2) is 0 Å². The minimum atomic E-state index is -0.294. The largest absolute Gasteiger partial charge is 0.494 e. The fraction of sp³-hybridized carbons (Fsp3) is 0.684. The van der Waals surface area contributed by atoms with Gasteiger partial charge in [-0.2, -0.15) is 0 Å². The van der Waals surface area contributed by atoms with Crippen LogP contribution in [0.15, 0.2) is 18.2 Å². The molecule has 1 aromatic carbocycles. The van der Waals surface area contributed by atoms with E-state index >= 15 is 0 Å². The monoisotopic (exact) mass is 315 g/mol. The Labute approximate surface area is 141 Å². The molecule has 0 radical (unpaired) electrons. The van der Waals surface area contributed by atoms with E-state index in [2.05, 4.69) is 71.6 Å². The van der Waals surface area contributed by atoms with Gasteiger partial charge in [0.2, 0.25) is 0 Å². The molecule has 0 aromatic heterocycles. The van der Waals surface area contributed by atoms with Gasteiger partial charge in [0.25, 0.3) is 0 Å². The lowest BCUT2D eigenvalue weighted by molar-refractivity contribution is 0.00578. The summed E-state index contributed by atoms with van der Waals surface area (Å²) in [6.07, 6.45) is 2.38. The van der Waals surface area contributed by atoms with E-state index in [9.17, 15) is 0 Å². The summed E-state index contributed by atoms with van der Waals surface area (Å²) in [5, 5.41) is 0. The van der Waals surface area contributed by atoms with Gasteiger partial charge in [-0.3, -0.25) is 0 Å². The predicted molar refractivity (Wildman–Crippen MR) is 97.6 cm³/mol. The molecule has 0 amide bonds. The Hall–Kier alpha value is -0.995. The maximum Gasteiger partial charge on any atom is 0.494 e. The van der Waals surface area contributed by atoms with Crippen LogP contribution in [0.3, 0.4) is 0 Å². The number of benzene rings is 1. The van der Waals surface area contributed by atoms with Crippen molar-refractivity contribution in [3.63, 3.8) is 0 Å². The van der Waals surface area contributed by atoms with Crippen molar-refractivity contribution in [3.05, 3.63) is 23.8 Å². The van der Waals surface area contributed by atoms with Crippen molar-refractivity contribution >= 4 is 18.3 Å². The Morgan fingerprint density at radius 2 is 1.65 bits per heavy atom. The summed E-state index contributed by atoms with van der Waals surface area (Å²) < 4.78 is 12.4. The molecule has 23 heavy (non-hydrogen) atoms. The van der Waals surface area contributed by atoms with Crippen LogP contribution in [0.4, 0.5) is 5.69 Å². The van der Waals surface area contributed by atoms with Crippen LogP contribution >= 0.6 is 0 Å². The lowest BCUT2D eigenvalue weighted by Gasteiger charge is -2.42. The molecule has 0 unspecified atom stereocenters. The van der Waals surface area contributed by atoms with Crippen molar-refractivity contribution < 1.29 is 9.31 Å². The van der Waals surface area contributed by atoms with Gasteiger partial charge in [-0.15, -0.1) is 0 Å². The maximum atomic E-state index is 6.22. The zero-order chi connectivity index (χ0) is 17.0. The molecule has 2 aliphatic rings. The number of aryl methyl sites for hydroxylation is 1. The Morgan fingerprint density at radius 1 is 1.04 bits per heavy atom. The van der Waals surface area contributed by atoms with E-state index in [4.69, 9.17) is 9.31 Å². The van der Waals surface area contributed by atoms with E-state index < -0.39 is 0 Å². The summed E-state index contributed by atoms with van der Waals surface area (Å²) in [4.78, 5) is 2.51. The molecule has 2 aliphatic heterocycles. The third-order valence-corrected chi connectivity index (χ3v) is 5.56. The van der Waals surface area contributed by atoms with Crippen LogP contribution in [-0.4, -0.2) is 30.4 Å². The number of rotatable bonds is 1. The van der Waals surface area contributed by atoms with E-state index in [1.807, 2.05) is 0 Å². The number of hydrogen-bond acceptors (Lipinski definition) is 3. The van der Waals surface area contributed by atoms with Gasteiger partial charge in [-0.05, 0) is 78.4 Å². The van der Waals surface area contributed by atoms with Gasteiger partial charge < -0.3 is 14.2 Å². The Balaban J connectivity index is 1.95. The highest BCUT2D eigenvalue weighted by molar-refractivity contribution is 6.62. The van der Waals surface area contributed by atoms with Crippen LogP contribution in [-0.2, 0) is 15.7 Å². The molecule has 3 nitrogen and oxygen atoms in total. The zero-order valence-electron chi connectivity index (χ0n) is 15.7. The zero-order valence-corrected chi connectivity index (χ0v) is 15.7. The summed E-state index contributed by atoms with van der Waals surface area (Å²) >= 11 is 0. The number of fused-ring (bicyclic) bond motifs is 1. The second-order valence-corrected chi connectivity index (χ2v) is 8.90. The molecule has 126 valence electrons. The van der Waals surface area contributed by atoms with Crippen LogP contribution in [0.25, 0.3) is 0 Å².